The van der Waals surface area contributed by atoms with Crippen molar-refractivity contribution in [2.75, 3.05) is 5.32 Å². The summed E-state index contributed by atoms with van der Waals surface area (Å²) in [4.78, 5) is 12.2. The summed E-state index contributed by atoms with van der Waals surface area (Å²) in [5.74, 6) is 0.0635. The van der Waals surface area contributed by atoms with Crippen molar-refractivity contribution in [1.82, 2.24) is 5.32 Å². The number of anilines is 1. The van der Waals surface area contributed by atoms with Gasteiger partial charge in [-0.15, -0.1) is 0 Å². The van der Waals surface area contributed by atoms with Crippen molar-refractivity contribution in [3.05, 3.63) is 28.8 Å². The third kappa shape index (κ3) is 4.14. The quantitative estimate of drug-likeness (QED) is 0.884. The molecule has 2 N–H and O–H groups in total. The molecule has 1 fully saturated rings. The standard InChI is InChI=1S/C16H23ClN2O/c1-11-8-9-14(10-15(11)17)18-12(2)16(20)19-13-6-4-3-5-7-13/h8-10,12-13,18H,3-7H2,1-2H3,(H,19,20)/t12-/m1/s1. The molecule has 20 heavy (non-hydrogen) atoms. The van der Waals surface area contributed by atoms with Gasteiger partial charge in [0.05, 0.1) is 0 Å². The maximum Gasteiger partial charge on any atom is 0.242 e. The number of hydrogen-bond acceptors (Lipinski definition) is 2. The predicted molar refractivity (Wildman–Crippen MR) is 84.3 cm³/mol. The molecule has 1 aliphatic rings. The van der Waals surface area contributed by atoms with Crippen LogP contribution < -0.4 is 10.6 Å². The zero-order chi connectivity index (χ0) is 14.5. The lowest BCUT2D eigenvalue weighted by Gasteiger charge is -2.25. The molecule has 110 valence electrons. The van der Waals surface area contributed by atoms with Crippen LogP contribution >= 0.6 is 11.6 Å². The van der Waals surface area contributed by atoms with E-state index in [9.17, 15) is 4.79 Å². The molecule has 1 atom stereocenters. The van der Waals surface area contributed by atoms with Crippen LogP contribution in [0.15, 0.2) is 18.2 Å². The average molecular weight is 295 g/mol. The molecule has 1 aliphatic carbocycles. The normalized spacial score (nSPS) is 17.6. The first kappa shape index (κ1) is 15.2. The zero-order valence-corrected chi connectivity index (χ0v) is 13.0. The van der Waals surface area contributed by atoms with E-state index in [4.69, 9.17) is 11.6 Å². The van der Waals surface area contributed by atoms with Gasteiger partial charge >= 0.3 is 0 Å². The molecule has 1 amide bonds. The Morgan fingerprint density at radius 1 is 1.30 bits per heavy atom. The first-order valence-corrected chi connectivity index (χ1v) is 7.77. The summed E-state index contributed by atoms with van der Waals surface area (Å²) in [6, 6.07) is 5.86. The minimum atomic E-state index is -0.254. The number of rotatable bonds is 4. The lowest BCUT2D eigenvalue weighted by Crippen LogP contribution is -2.44. The third-order valence-corrected chi connectivity index (χ3v) is 4.31. The van der Waals surface area contributed by atoms with Crippen molar-refractivity contribution >= 4 is 23.2 Å². The van der Waals surface area contributed by atoms with Gasteiger partial charge in [-0.1, -0.05) is 36.9 Å². The Labute approximate surface area is 126 Å². The van der Waals surface area contributed by atoms with Crippen LogP contribution in [-0.4, -0.2) is 18.0 Å². The summed E-state index contributed by atoms with van der Waals surface area (Å²) in [6.07, 6.45) is 5.95. The second kappa shape index (κ2) is 6.98. The SMILES string of the molecule is Cc1ccc(N[C@H](C)C(=O)NC2CCCCC2)cc1Cl. The fraction of sp³-hybridized carbons (Fsp3) is 0.562. The van der Waals surface area contributed by atoms with Gasteiger partial charge in [0.2, 0.25) is 5.91 Å². The van der Waals surface area contributed by atoms with Crippen molar-refractivity contribution in [2.45, 2.75) is 58.0 Å². The van der Waals surface area contributed by atoms with Gasteiger partial charge in [-0.2, -0.15) is 0 Å². The summed E-state index contributed by atoms with van der Waals surface area (Å²) < 4.78 is 0. The van der Waals surface area contributed by atoms with Gasteiger partial charge in [0.25, 0.3) is 0 Å². The van der Waals surface area contributed by atoms with Gasteiger partial charge in [-0.05, 0) is 44.4 Å². The summed E-state index contributed by atoms with van der Waals surface area (Å²) in [7, 11) is 0. The van der Waals surface area contributed by atoms with Crippen LogP contribution in [0.3, 0.4) is 0 Å². The minimum Gasteiger partial charge on any atom is -0.374 e. The molecule has 4 heteroatoms. The Hall–Kier alpha value is -1.22. The van der Waals surface area contributed by atoms with Gasteiger partial charge in [-0.3, -0.25) is 4.79 Å². The highest BCUT2D eigenvalue weighted by atomic mass is 35.5. The van der Waals surface area contributed by atoms with E-state index in [1.165, 1.54) is 19.3 Å². The van der Waals surface area contributed by atoms with Crippen LogP contribution in [0.2, 0.25) is 5.02 Å². The predicted octanol–water partition coefficient (Wildman–Crippen LogP) is 3.90. The Kier molecular flexibility index (Phi) is 5.30. The van der Waals surface area contributed by atoms with Crippen molar-refractivity contribution < 1.29 is 4.79 Å². The molecule has 3 nitrogen and oxygen atoms in total. The van der Waals surface area contributed by atoms with Crippen molar-refractivity contribution in [1.29, 1.82) is 0 Å². The van der Waals surface area contributed by atoms with E-state index in [0.717, 1.165) is 29.1 Å². The molecule has 2 rings (SSSR count). The number of hydrogen-bond donors (Lipinski definition) is 2. The highest BCUT2D eigenvalue weighted by molar-refractivity contribution is 6.31. The molecule has 0 heterocycles. The molecular formula is C16H23ClN2O. The Balaban J connectivity index is 1.88. The monoisotopic (exact) mass is 294 g/mol. The minimum absolute atomic E-state index is 0.0635. The largest absolute Gasteiger partial charge is 0.374 e. The second-order valence-corrected chi connectivity index (χ2v) is 6.08. The fourth-order valence-electron chi connectivity index (χ4n) is 2.57. The van der Waals surface area contributed by atoms with Crippen LogP contribution in [0.5, 0.6) is 0 Å². The number of amides is 1. The van der Waals surface area contributed by atoms with Crippen LogP contribution in [0.4, 0.5) is 5.69 Å². The topological polar surface area (TPSA) is 41.1 Å². The second-order valence-electron chi connectivity index (χ2n) is 5.67. The lowest BCUT2D eigenvalue weighted by atomic mass is 9.95. The Morgan fingerprint density at radius 3 is 2.65 bits per heavy atom. The maximum atomic E-state index is 12.2. The first-order chi connectivity index (χ1) is 9.56. The summed E-state index contributed by atoms with van der Waals surface area (Å²) >= 11 is 6.09. The summed E-state index contributed by atoms with van der Waals surface area (Å²) in [5, 5.41) is 7.05. The van der Waals surface area contributed by atoms with Crippen molar-refractivity contribution in [2.24, 2.45) is 0 Å². The molecule has 0 unspecified atom stereocenters. The van der Waals surface area contributed by atoms with E-state index in [2.05, 4.69) is 10.6 Å². The van der Waals surface area contributed by atoms with E-state index in [1.54, 1.807) is 0 Å². The number of carbonyl (C=O) groups is 1. The van der Waals surface area contributed by atoms with Crippen LogP contribution in [-0.2, 0) is 4.79 Å². The van der Waals surface area contributed by atoms with E-state index < -0.39 is 0 Å². The molecule has 0 spiro atoms. The maximum absolute atomic E-state index is 12.2. The molecule has 0 saturated heterocycles. The molecule has 0 aromatic heterocycles. The Morgan fingerprint density at radius 2 is 2.00 bits per heavy atom. The van der Waals surface area contributed by atoms with E-state index in [-0.39, 0.29) is 11.9 Å². The van der Waals surface area contributed by atoms with Crippen LogP contribution in [0, 0.1) is 6.92 Å². The lowest BCUT2D eigenvalue weighted by molar-refractivity contribution is -0.122. The molecule has 0 aliphatic heterocycles. The number of nitrogens with one attached hydrogen (secondary N) is 2. The van der Waals surface area contributed by atoms with E-state index >= 15 is 0 Å². The van der Waals surface area contributed by atoms with Crippen LogP contribution in [0.25, 0.3) is 0 Å². The molecular weight excluding hydrogens is 272 g/mol. The number of carbonyl (C=O) groups excluding carboxylic acids is 1. The van der Waals surface area contributed by atoms with Gasteiger partial charge in [0, 0.05) is 16.8 Å². The number of aryl methyl sites for hydroxylation is 1. The third-order valence-electron chi connectivity index (χ3n) is 3.90. The van der Waals surface area contributed by atoms with Gasteiger partial charge < -0.3 is 10.6 Å². The molecule has 1 aromatic carbocycles. The molecule has 1 aromatic rings. The molecule has 1 saturated carbocycles. The molecule has 0 bridgehead atoms. The number of halogens is 1. The summed E-state index contributed by atoms with van der Waals surface area (Å²) in [5.41, 5.74) is 1.92. The zero-order valence-electron chi connectivity index (χ0n) is 12.2. The average Bonchev–Trinajstić information content (AvgIpc) is 2.44. The van der Waals surface area contributed by atoms with Crippen molar-refractivity contribution in [3.8, 4) is 0 Å². The summed E-state index contributed by atoms with van der Waals surface area (Å²) in [6.45, 7) is 3.84. The highest BCUT2D eigenvalue weighted by Gasteiger charge is 2.19. The highest BCUT2D eigenvalue weighted by Crippen LogP contribution is 2.21. The van der Waals surface area contributed by atoms with Crippen molar-refractivity contribution in [3.63, 3.8) is 0 Å². The number of benzene rings is 1. The van der Waals surface area contributed by atoms with E-state index in [1.807, 2.05) is 32.0 Å². The van der Waals surface area contributed by atoms with E-state index in [0.29, 0.717) is 6.04 Å². The van der Waals surface area contributed by atoms with Crippen LogP contribution in [0.1, 0.15) is 44.6 Å². The van der Waals surface area contributed by atoms with Gasteiger partial charge in [0.1, 0.15) is 6.04 Å². The fourth-order valence-corrected chi connectivity index (χ4v) is 2.75. The molecule has 0 radical (unpaired) electrons. The van der Waals surface area contributed by atoms with Gasteiger partial charge in [0.15, 0.2) is 0 Å². The smallest absolute Gasteiger partial charge is 0.242 e. The van der Waals surface area contributed by atoms with Gasteiger partial charge in [-0.25, -0.2) is 0 Å². The first-order valence-electron chi connectivity index (χ1n) is 7.39. The Bertz CT molecular complexity index is 470.